The molecule has 1 aliphatic heterocycles. The number of anilines is 1. The van der Waals surface area contributed by atoms with Crippen LogP contribution >= 0.6 is 0 Å². The maximum absolute atomic E-state index is 13.8. The Bertz CT molecular complexity index is 979. The van der Waals surface area contributed by atoms with Crippen molar-refractivity contribution in [2.45, 2.75) is 71.6 Å². The largest absolute Gasteiger partial charge is 0.312 e. The van der Waals surface area contributed by atoms with Crippen LogP contribution < -0.4 is 4.90 Å². The lowest BCUT2D eigenvalue weighted by Gasteiger charge is -2.58. The molecule has 5 aliphatic rings. The molecule has 0 unspecified atom stereocenters. The topological polar surface area (TPSA) is 37.4 Å². The lowest BCUT2D eigenvalue weighted by atomic mass is 9.47. The molecule has 3 nitrogen and oxygen atoms in total. The van der Waals surface area contributed by atoms with E-state index in [-0.39, 0.29) is 16.7 Å². The molecule has 3 fully saturated rings. The second-order valence-electron chi connectivity index (χ2n) is 11.5. The van der Waals surface area contributed by atoms with Crippen LogP contribution in [0.5, 0.6) is 0 Å². The second kappa shape index (κ2) is 6.80. The van der Waals surface area contributed by atoms with Gasteiger partial charge in [-0.1, -0.05) is 37.6 Å². The van der Waals surface area contributed by atoms with Gasteiger partial charge in [0.25, 0.3) is 0 Å². The van der Waals surface area contributed by atoms with Crippen molar-refractivity contribution >= 4 is 17.4 Å². The lowest BCUT2D eigenvalue weighted by Crippen LogP contribution is -2.52. The van der Waals surface area contributed by atoms with Crippen molar-refractivity contribution in [2.75, 3.05) is 11.4 Å². The molecule has 0 N–H and O–H groups in total. The highest BCUT2D eigenvalue weighted by Gasteiger charge is 2.60. The number of carbonyl (C=O) groups is 2. The van der Waals surface area contributed by atoms with E-state index in [1.165, 1.54) is 36.8 Å². The van der Waals surface area contributed by atoms with Gasteiger partial charge < -0.3 is 4.90 Å². The van der Waals surface area contributed by atoms with Gasteiger partial charge in [-0.25, -0.2) is 0 Å². The molecule has 6 rings (SSSR count). The predicted molar refractivity (Wildman–Crippen MR) is 123 cm³/mol. The Hall–Kier alpha value is -1.90. The normalized spacial score (nSPS) is 41.2. The van der Waals surface area contributed by atoms with Gasteiger partial charge in [-0.3, -0.25) is 9.59 Å². The predicted octanol–water partition coefficient (Wildman–Crippen LogP) is 5.72. The Morgan fingerprint density at radius 2 is 1.81 bits per heavy atom. The highest BCUT2D eigenvalue weighted by molar-refractivity contribution is 5.97. The number of fused-ring (bicyclic) bond motifs is 6. The van der Waals surface area contributed by atoms with E-state index < -0.39 is 0 Å². The van der Waals surface area contributed by atoms with Crippen molar-refractivity contribution < 1.29 is 9.59 Å². The summed E-state index contributed by atoms with van der Waals surface area (Å²) in [5.74, 6) is 2.97. The third kappa shape index (κ3) is 2.71. The van der Waals surface area contributed by atoms with Crippen molar-refractivity contribution in [3.05, 3.63) is 41.5 Å². The molecule has 1 aromatic carbocycles. The van der Waals surface area contributed by atoms with Crippen molar-refractivity contribution in [2.24, 2.45) is 34.5 Å². The van der Waals surface area contributed by atoms with Crippen LogP contribution in [0.3, 0.4) is 0 Å². The molecule has 0 spiro atoms. The Morgan fingerprint density at radius 3 is 2.68 bits per heavy atom. The molecule has 1 heterocycles. The minimum Gasteiger partial charge on any atom is -0.312 e. The highest BCUT2D eigenvalue weighted by atomic mass is 16.2. The summed E-state index contributed by atoms with van der Waals surface area (Å²) in [4.78, 5) is 28.0. The number of rotatable bonds is 1. The van der Waals surface area contributed by atoms with Gasteiger partial charge in [0.1, 0.15) is 0 Å². The zero-order valence-electron chi connectivity index (χ0n) is 19.0. The Balaban J connectivity index is 1.28. The van der Waals surface area contributed by atoms with E-state index in [2.05, 4.69) is 43.0 Å². The molecule has 0 radical (unpaired) electrons. The molecular formula is C28H35NO2. The van der Waals surface area contributed by atoms with Gasteiger partial charge in [-0.05, 0) is 97.7 Å². The van der Waals surface area contributed by atoms with Crippen LogP contribution in [-0.2, 0) is 16.0 Å². The van der Waals surface area contributed by atoms with Crippen LogP contribution in [0.15, 0.2) is 35.9 Å². The van der Waals surface area contributed by atoms with E-state index in [4.69, 9.17) is 0 Å². The number of carbonyl (C=O) groups excluding carboxylic acids is 2. The summed E-state index contributed by atoms with van der Waals surface area (Å²) < 4.78 is 0. The quantitative estimate of drug-likeness (QED) is 0.586. The first kappa shape index (κ1) is 19.8. The van der Waals surface area contributed by atoms with Gasteiger partial charge in [0.2, 0.25) is 5.91 Å². The number of nitrogens with zero attached hydrogens (tertiary/aromatic N) is 1. The number of benzene rings is 1. The standard InChI is InChI=1S/C28H35NO2/c1-27-14-11-20(30)17-19(27)7-8-21-22-9-10-24(28(22,2)15-12-23(21)27)26(31)29-16-13-18-5-3-4-6-25(18)29/h3-6,17,21-24H,7-16H2,1-2H3/t21-,22-,23-,24+,27-,28-/m0/s1. The van der Waals surface area contributed by atoms with Crippen LogP contribution in [0.25, 0.3) is 0 Å². The van der Waals surface area contributed by atoms with Crippen molar-refractivity contribution in [3.8, 4) is 0 Å². The molecule has 164 valence electrons. The first-order valence-corrected chi connectivity index (χ1v) is 12.5. The fourth-order valence-electron chi connectivity index (χ4n) is 8.72. The van der Waals surface area contributed by atoms with E-state index in [9.17, 15) is 9.59 Å². The van der Waals surface area contributed by atoms with Crippen LogP contribution in [0.2, 0.25) is 0 Å². The smallest absolute Gasteiger partial charge is 0.230 e. The minimum atomic E-state index is 0.137. The maximum Gasteiger partial charge on any atom is 0.230 e. The molecule has 0 saturated heterocycles. The van der Waals surface area contributed by atoms with Gasteiger partial charge in [0.05, 0.1) is 0 Å². The fraction of sp³-hybridized carbons (Fsp3) is 0.643. The lowest BCUT2D eigenvalue weighted by molar-refractivity contribution is -0.130. The third-order valence-electron chi connectivity index (χ3n) is 10.4. The van der Waals surface area contributed by atoms with E-state index in [0.717, 1.165) is 50.3 Å². The van der Waals surface area contributed by atoms with Crippen LogP contribution in [0, 0.1) is 34.5 Å². The molecule has 0 aromatic heterocycles. The van der Waals surface area contributed by atoms with Crippen molar-refractivity contribution in [3.63, 3.8) is 0 Å². The SMILES string of the molecule is C[C@]12CC[C@H]3[C@@H](CCC4=CC(=O)CC[C@@]43C)[C@@H]1CC[C@@H]2C(=O)N1CCc2ccccc21. The van der Waals surface area contributed by atoms with Crippen molar-refractivity contribution in [1.29, 1.82) is 0 Å². The molecule has 6 atom stereocenters. The maximum atomic E-state index is 13.8. The molecule has 0 bridgehead atoms. The summed E-state index contributed by atoms with van der Waals surface area (Å²) >= 11 is 0. The molecule has 1 aromatic rings. The Labute approximate surface area is 186 Å². The Kier molecular flexibility index (Phi) is 4.33. The molecule has 1 amide bonds. The van der Waals surface area contributed by atoms with E-state index in [1.54, 1.807) is 0 Å². The summed E-state index contributed by atoms with van der Waals surface area (Å²) in [6.07, 6.45) is 11.7. The summed E-state index contributed by atoms with van der Waals surface area (Å²) in [7, 11) is 0. The molecule has 3 saturated carbocycles. The van der Waals surface area contributed by atoms with E-state index in [0.29, 0.717) is 23.5 Å². The number of hydrogen-bond acceptors (Lipinski definition) is 2. The van der Waals surface area contributed by atoms with E-state index >= 15 is 0 Å². The van der Waals surface area contributed by atoms with Gasteiger partial charge >= 0.3 is 0 Å². The van der Waals surface area contributed by atoms with E-state index in [1.807, 2.05) is 6.08 Å². The first-order chi connectivity index (χ1) is 14.9. The van der Waals surface area contributed by atoms with Crippen LogP contribution in [-0.4, -0.2) is 18.2 Å². The number of amides is 1. The molecule has 31 heavy (non-hydrogen) atoms. The number of allylic oxidation sites excluding steroid dienone is 1. The van der Waals surface area contributed by atoms with Gasteiger partial charge in [0, 0.05) is 24.6 Å². The number of ketones is 1. The van der Waals surface area contributed by atoms with Crippen molar-refractivity contribution in [1.82, 2.24) is 0 Å². The fourth-order valence-corrected chi connectivity index (χ4v) is 8.72. The molecule has 4 aliphatic carbocycles. The number of hydrogen-bond donors (Lipinski definition) is 0. The first-order valence-electron chi connectivity index (χ1n) is 12.5. The van der Waals surface area contributed by atoms with Crippen LogP contribution in [0.4, 0.5) is 5.69 Å². The van der Waals surface area contributed by atoms with Gasteiger partial charge in [0.15, 0.2) is 5.78 Å². The summed E-state index contributed by atoms with van der Waals surface area (Å²) in [5.41, 5.74) is 4.27. The average Bonchev–Trinajstić information content (AvgIpc) is 3.35. The monoisotopic (exact) mass is 417 g/mol. The summed E-state index contributed by atoms with van der Waals surface area (Å²) in [5, 5.41) is 0. The molecule has 3 heteroatoms. The summed E-state index contributed by atoms with van der Waals surface area (Å²) in [6.45, 7) is 5.74. The minimum absolute atomic E-state index is 0.137. The van der Waals surface area contributed by atoms with Gasteiger partial charge in [-0.2, -0.15) is 0 Å². The number of para-hydroxylation sites is 1. The second-order valence-corrected chi connectivity index (χ2v) is 11.5. The van der Waals surface area contributed by atoms with Gasteiger partial charge in [-0.15, -0.1) is 0 Å². The van der Waals surface area contributed by atoms with Crippen LogP contribution in [0.1, 0.15) is 70.8 Å². The highest BCUT2D eigenvalue weighted by Crippen LogP contribution is 2.66. The molecular weight excluding hydrogens is 382 g/mol. The third-order valence-corrected chi connectivity index (χ3v) is 10.4. The zero-order valence-corrected chi connectivity index (χ0v) is 19.0. The average molecular weight is 418 g/mol. The Morgan fingerprint density at radius 1 is 0.968 bits per heavy atom. The summed E-state index contributed by atoms with van der Waals surface area (Å²) in [6, 6.07) is 8.46. The zero-order chi connectivity index (χ0) is 21.4.